The summed E-state index contributed by atoms with van der Waals surface area (Å²) in [5, 5.41) is 6.43. The van der Waals surface area contributed by atoms with Gasteiger partial charge in [-0.1, -0.05) is 6.07 Å². The SMILES string of the molecule is Nc1cc(-c2cccs2)nn1-c1cnccn1. The van der Waals surface area contributed by atoms with Crippen LogP contribution in [-0.4, -0.2) is 19.7 Å². The minimum absolute atomic E-state index is 0.550. The molecule has 0 aliphatic carbocycles. The van der Waals surface area contributed by atoms with Crippen molar-refractivity contribution in [1.82, 2.24) is 19.7 Å². The number of nitrogen functional groups attached to an aromatic ring is 1. The third-order valence-electron chi connectivity index (χ3n) is 2.28. The molecule has 3 rings (SSSR count). The Labute approximate surface area is 102 Å². The maximum atomic E-state index is 5.92. The Hall–Kier alpha value is -2.21. The molecule has 3 heterocycles. The lowest BCUT2D eigenvalue weighted by atomic mass is 10.3. The summed E-state index contributed by atoms with van der Waals surface area (Å²) in [6, 6.07) is 5.82. The molecule has 0 aliphatic rings. The molecule has 0 unspecified atom stereocenters. The normalized spacial score (nSPS) is 10.6. The van der Waals surface area contributed by atoms with Crippen LogP contribution in [0.1, 0.15) is 0 Å². The van der Waals surface area contributed by atoms with E-state index in [0.717, 1.165) is 10.6 Å². The average Bonchev–Trinajstić information content (AvgIpc) is 2.99. The Balaban J connectivity index is 2.08. The Morgan fingerprint density at radius 3 is 2.94 bits per heavy atom. The van der Waals surface area contributed by atoms with Crippen LogP contribution in [0.3, 0.4) is 0 Å². The highest BCUT2D eigenvalue weighted by Crippen LogP contribution is 2.25. The number of nitrogens with two attached hydrogens (primary N) is 1. The standard InChI is InChI=1S/C11H9N5S/c12-10-6-8(9-2-1-5-17-9)15-16(10)11-7-13-3-4-14-11/h1-7H,12H2. The molecule has 17 heavy (non-hydrogen) atoms. The second-order valence-corrected chi connectivity index (χ2v) is 4.35. The highest BCUT2D eigenvalue weighted by atomic mass is 32.1. The Morgan fingerprint density at radius 2 is 2.24 bits per heavy atom. The first-order chi connectivity index (χ1) is 8.34. The van der Waals surface area contributed by atoms with Crippen LogP contribution >= 0.6 is 11.3 Å². The summed E-state index contributed by atoms with van der Waals surface area (Å²) in [6.07, 6.45) is 4.85. The molecular formula is C11H9N5S. The molecule has 0 spiro atoms. The Kier molecular flexibility index (Phi) is 2.34. The highest BCUT2D eigenvalue weighted by molar-refractivity contribution is 7.13. The molecule has 0 saturated heterocycles. The van der Waals surface area contributed by atoms with Gasteiger partial charge in [-0.15, -0.1) is 11.3 Å². The smallest absolute Gasteiger partial charge is 0.174 e. The molecule has 6 heteroatoms. The van der Waals surface area contributed by atoms with Gasteiger partial charge in [-0.05, 0) is 11.4 Å². The number of hydrogen-bond donors (Lipinski definition) is 1. The lowest BCUT2D eigenvalue weighted by molar-refractivity contribution is 0.851. The van der Waals surface area contributed by atoms with E-state index in [9.17, 15) is 0 Å². The van der Waals surface area contributed by atoms with Gasteiger partial charge in [0.1, 0.15) is 11.5 Å². The van der Waals surface area contributed by atoms with Crippen molar-refractivity contribution in [1.29, 1.82) is 0 Å². The lowest BCUT2D eigenvalue weighted by Crippen LogP contribution is -2.03. The molecule has 0 radical (unpaired) electrons. The van der Waals surface area contributed by atoms with Crippen molar-refractivity contribution in [3.63, 3.8) is 0 Å². The summed E-state index contributed by atoms with van der Waals surface area (Å²) in [6.45, 7) is 0. The number of hydrogen-bond acceptors (Lipinski definition) is 5. The molecule has 0 aromatic carbocycles. The Bertz CT molecular complexity index is 615. The van der Waals surface area contributed by atoms with Gasteiger partial charge in [0.05, 0.1) is 11.1 Å². The van der Waals surface area contributed by atoms with Gasteiger partial charge < -0.3 is 5.73 Å². The van der Waals surface area contributed by atoms with E-state index >= 15 is 0 Å². The van der Waals surface area contributed by atoms with E-state index < -0.39 is 0 Å². The van der Waals surface area contributed by atoms with Crippen molar-refractivity contribution >= 4 is 17.2 Å². The van der Waals surface area contributed by atoms with Crippen LogP contribution in [0.2, 0.25) is 0 Å². The van der Waals surface area contributed by atoms with Gasteiger partial charge >= 0.3 is 0 Å². The number of anilines is 1. The maximum Gasteiger partial charge on any atom is 0.174 e. The topological polar surface area (TPSA) is 69.6 Å². The molecule has 0 saturated carbocycles. The van der Waals surface area contributed by atoms with E-state index in [0.29, 0.717) is 11.6 Å². The molecule has 0 bridgehead atoms. The zero-order chi connectivity index (χ0) is 11.7. The molecule has 84 valence electrons. The largest absolute Gasteiger partial charge is 0.384 e. The molecular weight excluding hydrogens is 234 g/mol. The van der Waals surface area contributed by atoms with Gasteiger partial charge in [0, 0.05) is 18.5 Å². The summed E-state index contributed by atoms with van der Waals surface area (Å²) >= 11 is 1.63. The van der Waals surface area contributed by atoms with Gasteiger partial charge in [0.15, 0.2) is 5.82 Å². The van der Waals surface area contributed by atoms with E-state index in [1.54, 1.807) is 34.6 Å². The monoisotopic (exact) mass is 243 g/mol. The first kappa shape index (κ1) is 9.98. The van der Waals surface area contributed by atoms with E-state index in [-0.39, 0.29) is 0 Å². The van der Waals surface area contributed by atoms with Gasteiger partial charge in [-0.25, -0.2) is 4.98 Å². The fourth-order valence-corrected chi connectivity index (χ4v) is 2.21. The van der Waals surface area contributed by atoms with Crippen LogP contribution in [0.15, 0.2) is 42.2 Å². The number of rotatable bonds is 2. The fourth-order valence-electron chi connectivity index (χ4n) is 1.52. The van der Waals surface area contributed by atoms with E-state index in [1.165, 1.54) is 0 Å². The zero-order valence-electron chi connectivity index (χ0n) is 8.82. The van der Waals surface area contributed by atoms with Gasteiger partial charge in [-0.3, -0.25) is 4.98 Å². The lowest BCUT2D eigenvalue weighted by Gasteiger charge is -2.00. The molecule has 5 nitrogen and oxygen atoms in total. The molecule has 0 aliphatic heterocycles. The summed E-state index contributed by atoms with van der Waals surface area (Å²) in [4.78, 5) is 9.25. The first-order valence-electron chi connectivity index (χ1n) is 5.00. The number of nitrogens with zero attached hydrogens (tertiary/aromatic N) is 4. The second-order valence-electron chi connectivity index (χ2n) is 3.41. The Morgan fingerprint density at radius 1 is 1.29 bits per heavy atom. The van der Waals surface area contributed by atoms with Crippen molar-refractivity contribution in [2.75, 3.05) is 5.73 Å². The second kappa shape index (κ2) is 3.99. The van der Waals surface area contributed by atoms with Crippen LogP contribution < -0.4 is 5.73 Å². The quantitative estimate of drug-likeness (QED) is 0.747. The van der Waals surface area contributed by atoms with Crippen molar-refractivity contribution in [3.05, 3.63) is 42.2 Å². The van der Waals surface area contributed by atoms with Crippen LogP contribution in [0.25, 0.3) is 16.4 Å². The highest BCUT2D eigenvalue weighted by Gasteiger charge is 2.09. The van der Waals surface area contributed by atoms with Crippen molar-refractivity contribution in [2.24, 2.45) is 0 Å². The third kappa shape index (κ3) is 1.78. The maximum absolute atomic E-state index is 5.92. The molecule has 3 aromatic rings. The van der Waals surface area contributed by atoms with Gasteiger partial charge in [0.2, 0.25) is 0 Å². The predicted octanol–water partition coefficient (Wildman–Crippen LogP) is 1.97. The minimum Gasteiger partial charge on any atom is -0.384 e. The summed E-state index contributed by atoms with van der Waals surface area (Å²) < 4.78 is 1.59. The summed E-state index contributed by atoms with van der Waals surface area (Å²) in [5.41, 5.74) is 6.77. The number of thiophene rings is 1. The van der Waals surface area contributed by atoms with Crippen LogP contribution in [0.4, 0.5) is 5.82 Å². The van der Waals surface area contributed by atoms with Crippen molar-refractivity contribution < 1.29 is 0 Å². The van der Waals surface area contributed by atoms with Crippen molar-refractivity contribution in [2.45, 2.75) is 0 Å². The molecule has 0 fully saturated rings. The van der Waals surface area contributed by atoms with Crippen LogP contribution in [0.5, 0.6) is 0 Å². The van der Waals surface area contributed by atoms with E-state index in [4.69, 9.17) is 5.73 Å². The first-order valence-corrected chi connectivity index (χ1v) is 5.88. The fraction of sp³-hybridized carbons (Fsp3) is 0. The van der Waals surface area contributed by atoms with Crippen LogP contribution in [-0.2, 0) is 0 Å². The zero-order valence-corrected chi connectivity index (χ0v) is 9.63. The average molecular weight is 243 g/mol. The van der Waals surface area contributed by atoms with E-state index in [2.05, 4.69) is 15.1 Å². The summed E-state index contributed by atoms with van der Waals surface area (Å²) in [5.74, 6) is 1.17. The van der Waals surface area contributed by atoms with Gasteiger partial charge in [-0.2, -0.15) is 9.78 Å². The molecule has 0 atom stereocenters. The molecule has 2 N–H and O–H groups in total. The minimum atomic E-state index is 0.550. The van der Waals surface area contributed by atoms with Crippen LogP contribution in [0, 0.1) is 0 Å². The molecule has 0 amide bonds. The molecule has 3 aromatic heterocycles. The predicted molar refractivity (Wildman–Crippen MR) is 66.9 cm³/mol. The number of aromatic nitrogens is 4. The van der Waals surface area contributed by atoms with Crippen molar-refractivity contribution in [3.8, 4) is 16.4 Å². The van der Waals surface area contributed by atoms with Gasteiger partial charge in [0.25, 0.3) is 0 Å². The van der Waals surface area contributed by atoms with E-state index in [1.807, 2.05) is 23.6 Å². The third-order valence-corrected chi connectivity index (χ3v) is 3.17. The summed E-state index contributed by atoms with van der Waals surface area (Å²) in [7, 11) is 0.